The molecule has 7 heteroatoms. The molecule has 0 saturated heterocycles. The Kier molecular flexibility index (Phi) is 3.86. The number of nitrogens with zero attached hydrogens (tertiary/aromatic N) is 3. The number of rotatable bonds is 2. The molecule has 1 aromatic heterocycles. The van der Waals surface area contributed by atoms with E-state index in [9.17, 15) is 4.79 Å². The van der Waals surface area contributed by atoms with Gasteiger partial charge in [-0.2, -0.15) is 4.98 Å². The highest BCUT2D eigenvalue weighted by Crippen LogP contribution is 2.29. The van der Waals surface area contributed by atoms with Crippen LogP contribution in [0.5, 0.6) is 0 Å². The number of para-hydroxylation sites is 1. The van der Waals surface area contributed by atoms with E-state index in [1.807, 2.05) is 0 Å². The summed E-state index contributed by atoms with van der Waals surface area (Å²) in [6.45, 7) is 0. The Balaban J connectivity index is 0.000000196. The first-order valence-electron chi connectivity index (χ1n) is 6.46. The minimum absolute atomic E-state index is 0.0632. The van der Waals surface area contributed by atoms with Crippen LogP contribution in [0, 0.1) is 0 Å². The zero-order chi connectivity index (χ0) is 15.5. The Morgan fingerprint density at radius 1 is 1.05 bits per heavy atom. The number of hydrazine groups is 1. The number of hydrogen-bond donors (Lipinski definition) is 2. The van der Waals surface area contributed by atoms with Crippen LogP contribution in [0.3, 0.4) is 0 Å². The number of nitrogens with one attached hydrogen (secondary N) is 1. The van der Waals surface area contributed by atoms with Gasteiger partial charge >= 0.3 is 5.69 Å². The molecule has 2 aliphatic rings. The van der Waals surface area contributed by atoms with E-state index in [1.165, 1.54) is 22.0 Å². The summed E-state index contributed by atoms with van der Waals surface area (Å²) in [7, 11) is 0. The Morgan fingerprint density at radius 2 is 1.68 bits per heavy atom. The van der Waals surface area contributed by atoms with E-state index < -0.39 is 5.69 Å². The standard InChI is InChI=1S/C9H8ClN5O.C6H4/c10-6-3-1-2-4-7(6)15-5-12-8(14-11)13-9(15)16;1-2-6-4-3-5(1)6/h1-5H,11H2,(H,13,14,16);1-4H. The predicted molar refractivity (Wildman–Crippen MR) is 85.9 cm³/mol. The quantitative estimate of drug-likeness (QED) is 0.438. The van der Waals surface area contributed by atoms with Crippen LogP contribution < -0.4 is 17.0 Å². The molecule has 4 rings (SSSR count). The average molecular weight is 314 g/mol. The van der Waals surface area contributed by atoms with Crippen LogP contribution in [0.15, 0.2) is 59.7 Å². The summed E-state index contributed by atoms with van der Waals surface area (Å²) in [4.78, 5) is 19.1. The van der Waals surface area contributed by atoms with Crippen molar-refractivity contribution in [2.75, 3.05) is 5.43 Å². The van der Waals surface area contributed by atoms with Crippen LogP contribution in [0.2, 0.25) is 5.02 Å². The number of hydrogen-bond acceptors (Lipinski definition) is 5. The smallest absolute Gasteiger partial charge is 0.292 e. The van der Waals surface area contributed by atoms with E-state index in [2.05, 4.69) is 39.7 Å². The van der Waals surface area contributed by atoms with Crippen molar-refractivity contribution >= 4 is 17.5 Å². The van der Waals surface area contributed by atoms with Gasteiger partial charge in [-0.05, 0) is 23.3 Å². The van der Waals surface area contributed by atoms with Crippen molar-refractivity contribution in [3.8, 4) is 16.8 Å². The molecule has 0 bridgehead atoms. The maximum absolute atomic E-state index is 11.6. The zero-order valence-electron chi connectivity index (χ0n) is 11.4. The number of fused-ring (bicyclic) bond motifs is 1. The maximum atomic E-state index is 11.6. The third-order valence-corrected chi connectivity index (χ3v) is 3.48. The fraction of sp³-hybridized carbons (Fsp3) is 0. The van der Waals surface area contributed by atoms with Gasteiger partial charge in [0, 0.05) is 0 Å². The van der Waals surface area contributed by atoms with Crippen molar-refractivity contribution in [2.45, 2.75) is 0 Å². The number of nitrogens with two attached hydrogens (primary N) is 1. The lowest BCUT2D eigenvalue weighted by Gasteiger charge is -2.10. The first-order chi connectivity index (χ1) is 10.7. The van der Waals surface area contributed by atoms with Gasteiger partial charge in [0.05, 0.1) is 10.7 Å². The van der Waals surface area contributed by atoms with Crippen molar-refractivity contribution in [3.05, 3.63) is 70.4 Å². The largest absolute Gasteiger partial charge is 0.356 e. The van der Waals surface area contributed by atoms with E-state index in [1.54, 1.807) is 24.3 Å². The second-order valence-corrected chi connectivity index (χ2v) is 4.91. The third kappa shape index (κ3) is 2.69. The summed E-state index contributed by atoms with van der Waals surface area (Å²) >= 11 is 5.95. The maximum Gasteiger partial charge on any atom is 0.356 e. The summed E-state index contributed by atoms with van der Waals surface area (Å²) in [6, 6.07) is 15.4. The van der Waals surface area contributed by atoms with E-state index in [-0.39, 0.29) is 5.95 Å². The van der Waals surface area contributed by atoms with Crippen molar-refractivity contribution < 1.29 is 0 Å². The zero-order valence-corrected chi connectivity index (χ0v) is 12.2. The summed E-state index contributed by atoms with van der Waals surface area (Å²) < 4.78 is 1.24. The topological polar surface area (TPSA) is 85.8 Å². The predicted octanol–water partition coefficient (Wildman–Crippen LogP) is 2.23. The van der Waals surface area contributed by atoms with Crippen molar-refractivity contribution in [2.24, 2.45) is 5.84 Å². The molecule has 0 radical (unpaired) electrons. The molecular formula is C15H12ClN5O. The van der Waals surface area contributed by atoms with E-state index in [0.29, 0.717) is 10.7 Å². The normalized spacial score (nSPS) is 10.5. The highest BCUT2D eigenvalue weighted by molar-refractivity contribution is 6.32. The molecule has 110 valence electrons. The van der Waals surface area contributed by atoms with Gasteiger partial charge in [-0.15, -0.1) is 0 Å². The Morgan fingerprint density at radius 3 is 2.14 bits per heavy atom. The molecule has 0 aliphatic heterocycles. The van der Waals surface area contributed by atoms with Gasteiger partial charge in [0.15, 0.2) is 0 Å². The van der Waals surface area contributed by atoms with Gasteiger partial charge in [-0.25, -0.2) is 20.2 Å². The van der Waals surface area contributed by atoms with Crippen molar-refractivity contribution in [3.63, 3.8) is 0 Å². The number of aromatic nitrogens is 3. The fourth-order valence-corrected chi connectivity index (χ4v) is 2.11. The lowest BCUT2D eigenvalue weighted by Crippen LogP contribution is -2.25. The summed E-state index contributed by atoms with van der Waals surface area (Å²) in [6.07, 6.45) is 1.31. The van der Waals surface area contributed by atoms with Gasteiger partial charge in [-0.3, -0.25) is 5.43 Å². The minimum Gasteiger partial charge on any atom is -0.292 e. The molecule has 3 N–H and O–H groups in total. The highest BCUT2D eigenvalue weighted by atomic mass is 35.5. The van der Waals surface area contributed by atoms with Gasteiger partial charge in [0.25, 0.3) is 0 Å². The molecule has 0 amide bonds. The Labute approximate surface area is 131 Å². The summed E-state index contributed by atoms with van der Waals surface area (Å²) in [5.74, 6) is 5.15. The molecule has 6 nitrogen and oxygen atoms in total. The lowest BCUT2D eigenvalue weighted by atomic mass is 9.95. The van der Waals surface area contributed by atoms with E-state index >= 15 is 0 Å². The molecule has 2 aliphatic carbocycles. The van der Waals surface area contributed by atoms with Gasteiger partial charge in [0.1, 0.15) is 6.33 Å². The number of halogens is 1. The van der Waals surface area contributed by atoms with Crippen LogP contribution in [0.1, 0.15) is 0 Å². The van der Waals surface area contributed by atoms with Crippen LogP contribution >= 0.6 is 11.6 Å². The molecule has 0 atom stereocenters. The molecule has 2 aromatic rings. The van der Waals surface area contributed by atoms with Crippen LogP contribution in [0.4, 0.5) is 5.95 Å². The Bertz CT molecular complexity index is 839. The summed E-state index contributed by atoms with van der Waals surface area (Å²) in [5, 5.41) is 0.446. The Hall–Kier alpha value is -2.70. The van der Waals surface area contributed by atoms with Crippen molar-refractivity contribution in [1.82, 2.24) is 14.5 Å². The fourth-order valence-electron chi connectivity index (χ4n) is 1.88. The molecule has 1 aromatic carbocycles. The monoisotopic (exact) mass is 313 g/mol. The van der Waals surface area contributed by atoms with Gasteiger partial charge < -0.3 is 0 Å². The van der Waals surface area contributed by atoms with Crippen LogP contribution in [-0.2, 0) is 0 Å². The molecule has 0 saturated carbocycles. The summed E-state index contributed by atoms with van der Waals surface area (Å²) in [5.41, 5.74) is 5.07. The van der Waals surface area contributed by atoms with Crippen LogP contribution in [0.25, 0.3) is 16.8 Å². The number of benzene rings is 2. The molecule has 0 unspecified atom stereocenters. The SMILES string of the molecule is NNc1ncn(-c2ccccc2Cl)c(=O)n1.c1cc2ccc1-2. The second-order valence-electron chi connectivity index (χ2n) is 4.51. The third-order valence-electron chi connectivity index (χ3n) is 3.16. The molecule has 1 heterocycles. The van der Waals surface area contributed by atoms with Crippen molar-refractivity contribution in [1.29, 1.82) is 0 Å². The van der Waals surface area contributed by atoms with Crippen LogP contribution in [-0.4, -0.2) is 14.5 Å². The van der Waals surface area contributed by atoms with Gasteiger partial charge in [0.2, 0.25) is 5.95 Å². The lowest BCUT2D eigenvalue weighted by molar-refractivity contribution is 0.859. The van der Waals surface area contributed by atoms with E-state index in [4.69, 9.17) is 17.4 Å². The van der Waals surface area contributed by atoms with Gasteiger partial charge in [-0.1, -0.05) is 48.0 Å². The minimum atomic E-state index is -0.504. The first-order valence-corrected chi connectivity index (χ1v) is 6.84. The second kappa shape index (κ2) is 5.97. The first kappa shape index (κ1) is 14.2. The van der Waals surface area contributed by atoms with E-state index in [0.717, 1.165) is 0 Å². The average Bonchev–Trinajstić information content (AvgIpc) is 2.52. The molecular weight excluding hydrogens is 302 g/mol. The molecule has 0 fully saturated rings. The highest BCUT2D eigenvalue weighted by Gasteiger charge is 2.06. The molecule has 0 spiro atoms. The molecule has 22 heavy (non-hydrogen) atoms. The number of anilines is 1. The number of nitrogen functional groups attached to an aromatic ring is 1.